The zero-order chi connectivity index (χ0) is 24.7. The van der Waals surface area contributed by atoms with Crippen LogP contribution in [0.5, 0.6) is 11.5 Å². The summed E-state index contributed by atoms with van der Waals surface area (Å²) in [6.07, 6.45) is 0. The van der Waals surface area contributed by atoms with Crippen LogP contribution in [0.25, 0.3) is 33.3 Å². The maximum absolute atomic E-state index is 6.05. The van der Waals surface area contributed by atoms with Gasteiger partial charge in [-0.15, -0.1) is 0 Å². The minimum absolute atomic E-state index is 0.448. The molecule has 0 saturated carbocycles. The molecule has 0 unspecified atom stereocenters. The van der Waals surface area contributed by atoms with E-state index in [0.29, 0.717) is 11.5 Å². The van der Waals surface area contributed by atoms with Crippen LogP contribution in [0.4, 0.5) is 5.82 Å². The minimum Gasteiger partial charge on any atom is -0.496 e. The lowest BCUT2D eigenvalue weighted by Gasteiger charge is -2.19. The number of hydrogen-bond donors (Lipinski definition) is 3. The molecule has 0 fully saturated rings. The number of fused-ring (bicyclic) bond motifs is 2. The summed E-state index contributed by atoms with van der Waals surface area (Å²) in [5.74, 6) is 2.94. The Kier molecular flexibility index (Phi) is 5.82. The Morgan fingerprint density at radius 1 is 0.886 bits per heavy atom. The van der Waals surface area contributed by atoms with Crippen LogP contribution >= 0.6 is 0 Å². The number of nitrogens with two attached hydrogens (primary N) is 1. The van der Waals surface area contributed by atoms with E-state index in [1.165, 1.54) is 5.56 Å². The predicted molar refractivity (Wildman–Crippen MR) is 140 cm³/mol. The lowest BCUT2D eigenvalue weighted by atomic mass is 10.1. The molecule has 0 atom stereocenters. The Morgan fingerprint density at radius 2 is 1.60 bits per heavy atom. The molecule has 0 radical (unpaired) electrons. The lowest BCUT2D eigenvalue weighted by Crippen LogP contribution is -2.17. The molecule has 0 spiro atoms. The van der Waals surface area contributed by atoms with E-state index in [-0.39, 0.29) is 0 Å². The highest BCUT2D eigenvalue weighted by Crippen LogP contribution is 2.32. The Bertz CT molecular complexity index is 1510. The van der Waals surface area contributed by atoms with Crippen LogP contribution in [0, 0.1) is 13.8 Å². The molecule has 35 heavy (non-hydrogen) atoms. The van der Waals surface area contributed by atoms with Crippen LogP contribution in [0.15, 0.2) is 42.5 Å². The molecule has 0 aliphatic heterocycles. The maximum atomic E-state index is 6.05. The van der Waals surface area contributed by atoms with Gasteiger partial charge in [0.15, 0.2) is 5.65 Å². The van der Waals surface area contributed by atoms with E-state index in [0.717, 1.165) is 69.2 Å². The number of aryl methyl sites for hydroxylation is 1. The van der Waals surface area contributed by atoms with Gasteiger partial charge in [-0.1, -0.05) is 6.07 Å². The summed E-state index contributed by atoms with van der Waals surface area (Å²) in [5.41, 5.74) is 14.0. The third kappa shape index (κ3) is 4.40. The number of nitrogen functional groups attached to an aromatic ring is 1. The molecule has 0 saturated heterocycles. The van der Waals surface area contributed by atoms with Crippen molar-refractivity contribution in [2.75, 3.05) is 27.0 Å². The van der Waals surface area contributed by atoms with Crippen LogP contribution in [0.2, 0.25) is 0 Å². The van der Waals surface area contributed by atoms with Gasteiger partial charge in [-0.05, 0) is 68.4 Å². The van der Waals surface area contributed by atoms with E-state index in [1.807, 2.05) is 19.9 Å². The minimum atomic E-state index is 0.448. The summed E-state index contributed by atoms with van der Waals surface area (Å²) in [5, 5.41) is 1.14. The molecule has 4 N–H and O–H groups in total. The van der Waals surface area contributed by atoms with Crippen molar-refractivity contribution in [3.05, 3.63) is 65.0 Å². The van der Waals surface area contributed by atoms with E-state index in [1.54, 1.807) is 14.2 Å². The molecule has 0 aliphatic carbocycles. The highest BCUT2D eigenvalue weighted by atomic mass is 16.5. The topological polar surface area (TPSA) is 105 Å². The van der Waals surface area contributed by atoms with Crippen LogP contribution in [-0.2, 0) is 13.1 Å². The highest BCUT2D eigenvalue weighted by molar-refractivity contribution is 5.95. The number of H-pyrrole nitrogens is 2. The number of ether oxygens (including phenoxy) is 2. The summed E-state index contributed by atoms with van der Waals surface area (Å²) in [6.45, 7) is 5.50. The Hall–Kier alpha value is -4.04. The SMILES string of the molecule is COc1cc(CN(C)Cc2ccc3[nH]c(-c4cc(N)nc5nc(C)[nH]c45)cc3c2)cc(OC)c1C. The first-order valence-corrected chi connectivity index (χ1v) is 11.5. The fraction of sp³-hybridized carbons (Fsp3) is 0.259. The van der Waals surface area contributed by atoms with Crippen molar-refractivity contribution < 1.29 is 9.47 Å². The number of rotatable bonds is 7. The van der Waals surface area contributed by atoms with Crippen LogP contribution in [0.3, 0.4) is 0 Å². The number of anilines is 1. The van der Waals surface area contributed by atoms with Gasteiger partial charge in [0.25, 0.3) is 0 Å². The third-order valence-corrected chi connectivity index (χ3v) is 6.29. The van der Waals surface area contributed by atoms with Gasteiger partial charge in [0.1, 0.15) is 23.1 Å². The van der Waals surface area contributed by atoms with E-state index in [4.69, 9.17) is 15.2 Å². The molecular formula is C27H30N6O2. The second-order valence-corrected chi connectivity index (χ2v) is 9.02. The van der Waals surface area contributed by atoms with Crippen LogP contribution in [0.1, 0.15) is 22.5 Å². The first kappa shape index (κ1) is 22.7. The number of methoxy groups -OCH3 is 2. The molecule has 5 aromatic rings. The van der Waals surface area contributed by atoms with Gasteiger partial charge in [0.2, 0.25) is 0 Å². The van der Waals surface area contributed by atoms with E-state index >= 15 is 0 Å². The Balaban J connectivity index is 1.40. The van der Waals surface area contributed by atoms with Gasteiger partial charge >= 0.3 is 0 Å². The summed E-state index contributed by atoms with van der Waals surface area (Å²) in [7, 11) is 5.49. The van der Waals surface area contributed by atoms with Crippen LogP contribution < -0.4 is 15.2 Å². The second-order valence-electron chi connectivity index (χ2n) is 9.02. The van der Waals surface area contributed by atoms with Gasteiger partial charge in [-0.2, -0.15) is 0 Å². The fourth-order valence-electron chi connectivity index (χ4n) is 4.67. The number of hydrogen-bond acceptors (Lipinski definition) is 6. The lowest BCUT2D eigenvalue weighted by molar-refractivity contribution is 0.316. The average Bonchev–Trinajstić information content (AvgIpc) is 3.41. The molecule has 180 valence electrons. The molecule has 0 amide bonds. The van der Waals surface area contributed by atoms with Crippen molar-refractivity contribution in [1.82, 2.24) is 24.8 Å². The normalized spacial score (nSPS) is 11.6. The molecule has 3 heterocycles. The number of aromatic nitrogens is 4. The molecule has 8 nitrogen and oxygen atoms in total. The summed E-state index contributed by atoms with van der Waals surface area (Å²) in [6, 6.07) is 14.7. The van der Waals surface area contributed by atoms with E-state index in [2.05, 4.69) is 68.3 Å². The van der Waals surface area contributed by atoms with E-state index in [9.17, 15) is 0 Å². The zero-order valence-electron chi connectivity index (χ0n) is 20.7. The summed E-state index contributed by atoms with van der Waals surface area (Å²) in [4.78, 5) is 17.9. The van der Waals surface area contributed by atoms with Crippen molar-refractivity contribution in [3.63, 3.8) is 0 Å². The Morgan fingerprint density at radius 3 is 2.31 bits per heavy atom. The van der Waals surface area contributed by atoms with Crippen molar-refractivity contribution in [3.8, 4) is 22.8 Å². The fourth-order valence-corrected chi connectivity index (χ4v) is 4.67. The quantitative estimate of drug-likeness (QED) is 0.311. The van der Waals surface area contributed by atoms with Crippen molar-refractivity contribution in [2.45, 2.75) is 26.9 Å². The average molecular weight is 471 g/mol. The number of nitrogens with one attached hydrogen (secondary N) is 2. The molecule has 2 aromatic carbocycles. The number of benzene rings is 2. The largest absolute Gasteiger partial charge is 0.496 e. The van der Waals surface area contributed by atoms with Crippen molar-refractivity contribution >= 4 is 27.9 Å². The van der Waals surface area contributed by atoms with Gasteiger partial charge in [-0.25, -0.2) is 9.97 Å². The van der Waals surface area contributed by atoms with Gasteiger partial charge in [0, 0.05) is 40.8 Å². The molecule has 0 bridgehead atoms. The third-order valence-electron chi connectivity index (χ3n) is 6.29. The number of aromatic amines is 2. The number of imidazole rings is 1. The number of nitrogens with zero attached hydrogens (tertiary/aromatic N) is 3. The standard InChI is InChI=1S/C27H30N6O2/c1-15-23(34-4)9-18(10-24(15)35-5)14-33(3)13-17-6-7-21-19(8-17)11-22(31-21)20-12-25(28)32-27-26(20)29-16(2)30-27/h6-12,31H,13-14H2,1-5H3,(H3,28,29,30,32). The predicted octanol–water partition coefficient (Wildman–Crippen LogP) is 4.95. The Labute approximate surface area is 204 Å². The second kappa shape index (κ2) is 8.96. The summed E-state index contributed by atoms with van der Waals surface area (Å²) < 4.78 is 11.1. The number of pyridine rings is 1. The molecular weight excluding hydrogens is 440 g/mol. The maximum Gasteiger partial charge on any atom is 0.180 e. The molecule has 5 rings (SSSR count). The van der Waals surface area contributed by atoms with Crippen molar-refractivity contribution in [2.24, 2.45) is 0 Å². The van der Waals surface area contributed by atoms with Crippen LogP contribution in [-0.4, -0.2) is 46.1 Å². The summed E-state index contributed by atoms with van der Waals surface area (Å²) >= 11 is 0. The zero-order valence-corrected chi connectivity index (χ0v) is 20.7. The monoisotopic (exact) mass is 470 g/mol. The molecule has 3 aromatic heterocycles. The first-order valence-electron chi connectivity index (χ1n) is 11.5. The van der Waals surface area contributed by atoms with Gasteiger partial charge in [-0.3, -0.25) is 4.90 Å². The molecule has 8 heteroatoms. The van der Waals surface area contributed by atoms with Crippen molar-refractivity contribution in [1.29, 1.82) is 0 Å². The van der Waals surface area contributed by atoms with Gasteiger partial charge in [0.05, 0.1) is 19.7 Å². The first-order chi connectivity index (χ1) is 16.8. The van der Waals surface area contributed by atoms with E-state index < -0.39 is 0 Å². The smallest absolute Gasteiger partial charge is 0.180 e. The molecule has 0 aliphatic rings. The van der Waals surface area contributed by atoms with Gasteiger partial charge < -0.3 is 25.2 Å². The highest BCUT2D eigenvalue weighted by Gasteiger charge is 2.14.